The molecule has 126 valence electrons. The summed E-state index contributed by atoms with van der Waals surface area (Å²) in [5.41, 5.74) is 1.23. The number of hydrogen-bond acceptors (Lipinski definition) is 4. The summed E-state index contributed by atoms with van der Waals surface area (Å²) in [6.07, 6.45) is 2.22. The Labute approximate surface area is 138 Å². The highest BCUT2D eigenvalue weighted by molar-refractivity contribution is 5.68. The van der Waals surface area contributed by atoms with Gasteiger partial charge >= 0.3 is 6.09 Å². The Morgan fingerprint density at radius 1 is 1.13 bits per heavy atom. The predicted octanol–water partition coefficient (Wildman–Crippen LogP) is 2.29. The zero-order valence-electron chi connectivity index (χ0n) is 14.0. The second kappa shape index (κ2) is 7.68. The van der Waals surface area contributed by atoms with Gasteiger partial charge in [-0.15, -0.1) is 0 Å². The Hall–Kier alpha value is -1.75. The van der Waals surface area contributed by atoms with Crippen molar-refractivity contribution in [1.29, 1.82) is 0 Å². The summed E-state index contributed by atoms with van der Waals surface area (Å²) >= 11 is 0. The molecule has 0 aromatic heterocycles. The van der Waals surface area contributed by atoms with E-state index in [9.17, 15) is 4.79 Å². The number of carbonyl (C=O) groups excluding carboxylic acids is 1. The Morgan fingerprint density at radius 2 is 1.87 bits per heavy atom. The lowest BCUT2D eigenvalue weighted by Gasteiger charge is -2.36. The molecule has 5 heteroatoms. The zero-order valence-corrected chi connectivity index (χ0v) is 14.0. The summed E-state index contributed by atoms with van der Waals surface area (Å²) in [5.74, 6) is 0.489. The first kappa shape index (κ1) is 16.1. The van der Waals surface area contributed by atoms with Crippen molar-refractivity contribution < 1.29 is 9.53 Å². The number of piperazine rings is 1. The highest BCUT2D eigenvalue weighted by atomic mass is 16.6. The van der Waals surface area contributed by atoms with Gasteiger partial charge in [0.1, 0.15) is 0 Å². The minimum Gasteiger partial charge on any atom is -0.449 e. The number of carbonyl (C=O) groups is 1. The van der Waals surface area contributed by atoms with E-state index in [0.29, 0.717) is 12.5 Å². The molecule has 0 radical (unpaired) electrons. The monoisotopic (exact) mass is 317 g/mol. The first-order chi connectivity index (χ1) is 11.2. The molecule has 0 saturated carbocycles. The largest absolute Gasteiger partial charge is 0.449 e. The average molecular weight is 317 g/mol. The molecule has 0 bridgehead atoms. The zero-order chi connectivity index (χ0) is 16.1. The molecule has 1 atom stereocenters. The van der Waals surface area contributed by atoms with Gasteiger partial charge < -0.3 is 19.4 Å². The number of hydrogen-bond donors (Lipinski definition) is 0. The van der Waals surface area contributed by atoms with Crippen LogP contribution < -0.4 is 4.90 Å². The van der Waals surface area contributed by atoms with Gasteiger partial charge in [-0.3, -0.25) is 0 Å². The highest BCUT2D eigenvalue weighted by Crippen LogP contribution is 2.18. The van der Waals surface area contributed by atoms with Gasteiger partial charge in [0.15, 0.2) is 0 Å². The van der Waals surface area contributed by atoms with Gasteiger partial charge in [-0.25, -0.2) is 4.79 Å². The summed E-state index contributed by atoms with van der Waals surface area (Å²) in [4.78, 5) is 18.7. The van der Waals surface area contributed by atoms with Crippen molar-refractivity contribution in [2.24, 2.45) is 5.92 Å². The van der Waals surface area contributed by atoms with Crippen molar-refractivity contribution in [1.82, 2.24) is 9.80 Å². The molecule has 3 rings (SSSR count). The standard InChI is InChI=1S/C18H27N3O2/c1-19-9-5-6-16(14-19)15-23-18(22)21-12-10-20(11-13-21)17-7-3-2-4-8-17/h2-4,7-8,16H,5-6,9-15H2,1H3/t16-/m0/s1. The summed E-state index contributed by atoms with van der Waals surface area (Å²) < 4.78 is 5.55. The van der Waals surface area contributed by atoms with Gasteiger partial charge in [0, 0.05) is 44.3 Å². The Bertz CT molecular complexity index is 500. The van der Waals surface area contributed by atoms with Crippen LogP contribution in [0.1, 0.15) is 12.8 Å². The maximum atomic E-state index is 12.2. The molecule has 2 aliphatic heterocycles. The van der Waals surface area contributed by atoms with Crippen molar-refractivity contribution in [3.8, 4) is 0 Å². The van der Waals surface area contributed by atoms with E-state index in [1.54, 1.807) is 0 Å². The lowest BCUT2D eigenvalue weighted by Crippen LogP contribution is -2.49. The fourth-order valence-electron chi connectivity index (χ4n) is 3.48. The van der Waals surface area contributed by atoms with Gasteiger partial charge in [-0.2, -0.15) is 0 Å². The van der Waals surface area contributed by atoms with Crippen LogP contribution in [0, 0.1) is 5.92 Å². The summed E-state index contributed by atoms with van der Waals surface area (Å²) in [6, 6.07) is 10.4. The molecule has 1 amide bonds. The number of amides is 1. The van der Waals surface area contributed by atoms with Crippen LogP contribution >= 0.6 is 0 Å². The molecule has 0 N–H and O–H groups in total. The number of rotatable bonds is 3. The van der Waals surface area contributed by atoms with Gasteiger partial charge in [0.25, 0.3) is 0 Å². The van der Waals surface area contributed by atoms with Crippen molar-refractivity contribution in [2.75, 3.05) is 57.8 Å². The van der Waals surface area contributed by atoms with Gasteiger partial charge in [-0.1, -0.05) is 18.2 Å². The third kappa shape index (κ3) is 4.38. The van der Waals surface area contributed by atoms with E-state index in [1.807, 2.05) is 11.0 Å². The van der Waals surface area contributed by atoms with Gasteiger partial charge in [0.05, 0.1) is 6.61 Å². The number of piperidine rings is 1. The molecule has 1 aromatic carbocycles. The molecule has 2 heterocycles. The average Bonchev–Trinajstić information content (AvgIpc) is 2.61. The number of para-hydroxylation sites is 1. The van der Waals surface area contributed by atoms with Crippen LogP contribution in [0.3, 0.4) is 0 Å². The van der Waals surface area contributed by atoms with Crippen LogP contribution in [0.4, 0.5) is 10.5 Å². The quantitative estimate of drug-likeness (QED) is 0.857. The Balaban J connectivity index is 1.41. The molecular formula is C18H27N3O2. The van der Waals surface area contributed by atoms with E-state index in [2.05, 4.69) is 41.1 Å². The lowest BCUT2D eigenvalue weighted by molar-refractivity contribution is 0.0686. The van der Waals surface area contributed by atoms with Crippen molar-refractivity contribution >= 4 is 11.8 Å². The first-order valence-corrected chi connectivity index (χ1v) is 8.62. The van der Waals surface area contributed by atoms with E-state index < -0.39 is 0 Å². The SMILES string of the molecule is CN1CCC[C@H](COC(=O)N2CCN(c3ccccc3)CC2)C1. The number of benzene rings is 1. The van der Waals surface area contributed by atoms with Crippen LogP contribution in [0.2, 0.25) is 0 Å². The fourth-order valence-corrected chi connectivity index (χ4v) is 3.48. The molecule has 23 heavy (non-hydrogen) atoms. The highest BCUT2D eigenvalue weighted by Gasteiger charge is 2.24. The Morgan fingerprint density at radius 3 is 2.57 bits per heavy atom. The third-order valence-corrected chi connectivity index (χ3v) is 4.82. The molecule has 2 fully saturated rings. The van der Waals surface area contributed by atoms with Crippen molar-refractivity contribution in [3.05, 3.63) is 30.3 Å². The van der Waals surface area contributed by atoms with Crippen LogP contribution in [-0.4, -0.2) is 68.8 Å². The Kier molecular flexibility index (Phi) is 5.39. The molecule has 2 saturated heterocycles. The number of ether oxygens (including phenoxy) is 1. The second-order valence-corrected chi connectivity index (χ2v) is 6.66. The molecule has 1 aromatic rings. The maximum absolute atomic E-state index is 12.2. The molecular weight excluding hydrogens is 290 g/mol. The van der Waals surface area contributed by atoms with Gasteiger partial charge in [0.2, 0.25) is 0 Å². The molecule has 0 aliphatic carbocycles. The van der Waals surface area contributed by atoms with Crippen molar-refractivity contribution in [3.63, 3.8) is 0 Å². The van der Waals surface area contributed by atoms with Crippen LogP contribution in [0.15, 0.2) is 30.3 Å². The van der Waals surface area contributed by atoms with Gasteiger partial charge in [-0.05, 0) is 38.6 Å². The van der Waals surface area contributed by atoms with Crippen LogP contribution in [0.5, 0.6) is 0 Å². The number of likely N-dealkylation sites (tertiary alicyclic amines) is 1. The molecule has 0 spiro atoms. The van der Waals surface area contributed by atoms with E-state index in [-0.39, 0.29) is 6.09 Å². The van der Waals surface area contributed by atoms with E-state index in [0.717, 1.165) is 39.3 Å². The fraction of sp³-hybridized carbons (Fsp3) is 0.611. The summed E-state index contributed by atoms with van der Waals surface area (Å²) in [6.45, 7) is 5.95. The number of nitrogens with zero attached hydrogens (tertiary/aromatic N) is 3. The summed E-state index contributed by atoms with van der Waals surface area (Å²) in [7, 11) is 2.14. The molecule has 0 unspecified atom stereocenters. The third-order valence-electron chi connectivity index (χ3n) is 4.82. The normalized spacial score (nSPS) is 22.9. The second-order valence-electron chi connectivity index (χ2n) is 6.66. The minimum absolute atomic E-state index is 0.147. The number of anilines is 1. The minimum atomic E-state index is -0.147. The topological polar surface area (TPSA) is 36.0 Å². The molecule has 2 aliphatic rings. The van der Waals surface area contributed by atoms with Crippen molar-refractivity contribution in [2.45, 2.75) is 12.8 Å². The smallest absolute Gasteiger partial charge is 0.409 e. The van der Waals surface area contributed by atoms with E-state index in [4.69, 9.17) is 4.74 Å². The van der Waals surface area contributed by atoms with E-state index >= 15 is 0 Å². The molecule has 5 nitrogen and oxygen atoms in total. The van der Waals surface area contributed by atoms with Crippen LogP contribution in [0.25, 0.3) is 0 Å². The maximum Gasteiger partial charge on any atom is 0.409 e. The van der Waals surface area contributed by atoms with E-state index in [1.165, 1.54) is 18.5 Å². The van der Waals surface area contributed by atoms with Crippen LogP contribution in [-0.2, 0) is 4.74 Å². The summed E-state index contributed by atoms with van der Waals surface area (Å²) in [5, 5.41) is 0. The lowest BCUT2D eigenvalue weighted by atomic mass is 10.00. The first-order valence-electron chi connectivity index (χ1n) is 8.62. The predicted molar refractivity (Wildman–Crippen MR) is 91.8 cm³/mol.